The minimum atomic E-state index is 0.487. The third-order valence-corrected chi connectivity index (χ3v) is 5.66. The molecule has 0 bridgehead atoms. The van der Waals surface area contributed by atoms with Crippen molar-refractivity contribution in [2.75, 3.05) is 19.5 Å². The maximum atomic E-state index is 4.77. The lowest BCUT2D eigenvalue weighted by atomic mass is 10.1. The van der Waals surface area contributed by atoms with Crippen LogP contribution in [0.25, 0.3) is 10.9 Å². The van der Waals surface area contributed by atoms with E-state index >= 15 is 0 Å². The molecular formula is C14H18BrN3S. The molecule has 0 amide bonds. The Labute approximate surface area is 126 Å². The summed E-state index contributed by atoms with van der Waals surface area (Å²) in [4.78, 5) is 2.39. The van der Waals surface area contributed by atoms with Gasteiger partial charge < -0.3 is 0 Å². The molecule has 1 aliphatic heterocycles. The fourth-order valence-electron chi connectivity index (χ4n) is 2.53. The molecule has 102 valence electrons. The molecule has 2 aromatic rings. The zero-order valence-electron chi connectivity index (χ0n) is 11.2. The Bertz CT molecular complexity index is 583. The maximum absolute atomic E-state index is 4.77. The fraction of sp³-hybridized carbons (Fsp3) is 0.500. The highest BCUT2D eigenvalue weighted by Gasteiger charge is 2.24. The van der Waals surface area contributed by atoms with Crippen LogP contribution in [0.5, 0.6) is 0 Å². The van der Waals surface area contributed by atoms with Gasteiger partial charge in [0.1, 0.15) is 0 Å². The summed E-state index contributed by atoms with van der Waals surface area (Å²) in [6.45, 7) is 3.46. The number of halogens is 1. The lowest BCUT2D eigenvalue weighted by Crippen LogP contribution is -2.21. The van der Waals surface area contributed by atoms with Gasteiger partial charge in [0.05, 0.1) is 11.6 Å². The molecule has 3 rings (SSSR count). The Kier molecular flexibility index (Phi) is 3.87. The van der Waals surface area contributed by atoms with Crippen molar-refractivity contribution in [3.05, 3.63) is 28.9 Å². The molecule has 0 radical (unpaired) electrons. The Balaban J connectivity index is 1.93. The number of aromatic nitrogens is 2. The summed E-state index contributed by atoms with van der Waals surface area (Å²) in [7, 11) is 2.19. The molecule has 5 heteroatoms. The van der Waals surface area contributed by atoms with E-state index < -0.39 is 0 Å². The fourth-order valence-corrected chi connectivity index (χ4v) is 3.98. The van der Waals surface area contributed by atoms with Crippen LogP contribution in [-0.4, -0.2) is 39.4 Å². The number of thioether (sulfide) groups is 1. The van der Waals surface area contributed by atoms with Crippen molar-refractivity contribution in [1.29, 1.82) is 0 Å². The van der Waals surface area contributed by atoms with Crippen LogP contribution in [0.15, 0.2) is 28.9 Å². The Morgan fingerprint density at radius 1 is 1.42 bits per heavy atom. The van der Waals surface area contributed by atoms with Crippen molar-refractivity contribution in [3.63, 3.8) is 0 Å². The van der Waals surface area contributed by atoms with E-state index in [9.17, 15) is 0 Å². The van der Waals surface area contributed by atoms with Crippen LogP contribution in [0.3, 0.4) is 0 Å². The minimum Gasteiger partial charge on any atom is -0.297 e. The van der Waals surface area contributed by atoms with Gasteiger partial charge in [0, 0.05) is 33.7 Å². The van der Waals surface area contributed by atoms with Gasteiger partial charge in [0.25, 0.3) is 0 Å². The van der Waals surface area contributed by atoms with Gasteiger partial charge in [0.2, 0.25) is 0 Å². The summed E-state index contributed by atoms with van der Waals surface area (Å²) in [6, 6.07) is 6.78. The van der Waals surface area contributed by atoms with Crippen molar-refractivity contribution >= 4 is 38.6 Å². The second-order valence-corrected chi connectivity index (χ2v) is 7.50. The number of nitrogens with zero attached hydrogens (tertiary/aromatic N) is 3. The summed E-state index contributed by atoms with van der Waals surface area (Å²) >= 11 is 5.53. The van der Waals surface area contributed by atoms with Crippen molar-refractivity contribution in [2.45, 2.75) is 24.6 Å². The SMILES string of the molecule is C[C@H]1SCN(C)CCC1n1cc2ccc(Br)cc2n1. The number of benzene rings is 1. The van der Waals surface area contributed by atoms with Crippen LogP contribution in [0, 0.1) is 0 Å². The molecule has 2 atom stereocenters. The predicted octanol–water partition coefficient (Wildman–Crippen LogP) is 3.75. The summed E-state index contributed by atoms with van der Waals surface area (Å²) < 4.78 is 3.27. The molecule has 0 spiro atoms. The average Bonchev–Trinajstić information content (AvgIpc) is 2.71. The van der Waals surface area contributed by atoms with E-state index in [1.807, 2.05) is 11.8 Å². The summed E-state index contributed by atoms with van der Waals surface area (Å²) in [5.41, 5.74) is 1.07. The van der Waals surface area contributed by atoms with E-state index in [0.717, 1.165) is 22.4 Å². The molecule has 2 heterocycles. The summed E-state index contributed by atoms with van der Waals surface area (Å²) in [5, 5.41) is 6.59. The molecule has 1 aromatic heterocycles. The lowest BCUT2D eigenvalue weighted by molar-refractivity contribution is 0.339. The smallest absolute Gasteiger partial charge is 0.0934 e. The van der Waals surface area contributed by atoms with Gasteiger partial charge in [-0.05, 0) is 25.6 Å². The monoisotopic (exact) mass is 339 g/mol. The van der Waals surface area contributed by atoms with Crippen LogP contribution in [-0.2, 0) is 0 Å². The first-order chi connectivity index (χ1) is 9.13. The first-order valence-electron chi connectivity index (χ1n) is 6.58. The third-order valence-electron chi connectivity index (χ3n) is 3.73. The van der Waals surface area contributed by atoms with E-state index in [-0.39, 0.29) is 0 Å². The minimum absolute atomic E-state index is 0.487. The van der Waals surface area contributed by atoms with Crippen molar-refractivity contribution < 1.29 is 0 Å². The van der Waals surface area contributed by atoms with Gasteiger partial charge in [-0.2, -0.15) is 5.10 Å². The maximum Gasteiger partial charge on any atom is 0.0934 e. The van der Waals surface area contributed by atoms with Gasteiger partial charge in [0.15, 0.2) is 0 Å². The topological polar surface area (TPSA) is 21.1 Å². The molecule has 0 saturated carbocycles. The largest absolute Gasteiger partial charge is 0.297 e. The van der Waals surface area contributed by atoms with Crippen LogP contribution in [0.2, 0.25) is 0 Å². The Morgan fingerprint density at radius 3 is 3.11 bits per heavy atom. The first-order valence-corrected chi connectivity index (χ1v) is 8.42. The third kappa shape index (κ3) is 2.83. The molecule has 3 nitrogen and oxygen atoms in total. The van der Waals surface area contributed by atoms with Gasteiger partial charge in [-0.25, -0.2) is 0 Å². The highest BCUT2D eigenvalue weighted by molar-refractivity contribution is 9.10. The molecule has 1 fully saturated rings. The second-order valence-electron chi connectivity index (χ2n) is 5.25. The van der Waals surface area contributed by atoms with E-state index in [4.69, 9.17) is 5.10 Å². The van der Waals surface area contributed by atoms with E-state index in [1.54, 1.807) is 0 Å². The predicted molar refractivity (Wildman–Crippen MR) is 85.6 cm³/mol. The normalized spacial score (nSPS) is 25.6. The van der Waals surface area contributed by atoms with E-state index in [1.165, 1.54) is 11.8 Å². The Morgan fingerprint density at radius 2 is 2.26 bits per heavy atom. The highest BCUT2D eigenvalue weighted by atomic mass is 79.9. The first kappa shape index (κ1) is 13.5. The molecule has 19 heavy (non-hydrogen) atoms. The van der Waals surface area contributed by atoms with Crippen LogP contribution >= 0.6 is 27.7 Å². The molecular weight excluding hydrogens is 322 g/mol. The van der Waals surface area contributed by atoms with Crippen LogP contribution in [0.4, 0.5) is 0 Å². The quantitative estimate of drug-likeness (QED) is 0.789. The second kappa shape index (κ2) is 5.46. The number of hydrogen-bond donors (Lipinski definition) is 0. The van der Waals surface area contributed by atoms with E-state index in [0.29, 0.717) is 11.3 Å². The number of hydrogen-bond acceptors (Lipinski definition) is 3. The summed E-state index contributed by atoms with van der Waals surface area (Å²) in [5.74, 6) is 1.12. The van der Waals surface area contributed by atoms with Crippen molar-refractivity contribution in [1.82, 2.24) is 14.7 Å². The van der Waals surface area contributed by atoms with Gasteiger partial charge in [-0.1, -0.05) is 28.9 Å². The van der Waals surface area contributed by atoms with Crippen LogP contribution in [0.1, 0.15) is 19.4 Å². The summed E-state index contributed by atoms with van der Waals surface area (Å²) in [6.07, 6.45) is 3.36. The standard InChI is InChI=1S/C14H18BrN3S/c1-10-14(5-6-17(2)9-19-10)18-8-11-3-4-12(15)7-13(11)16-18/h3-4,7-8,10,14H,5-6,9H2,1-2H3/t10-,14?/m1/s1. The molecule has 1 aliphatic rings. The van der Waals surface area contributed by atoms with E-state index in [2.05, 4.69) is 63.9 Å². The zero-order chi connectivity index (χ0) is 13.4. The Hall–Kier alpha value is -0.520. The molecule has 1 saturated heterocycles. The molecule has 0 aliphatic carbocycles. The number of rotatable bonds is 1. The van der Waals surface area contributed by atoms with Gasteiger partial charge in [-0.15, -0.1) is 11.8 Å². The lowest BCUT2D eigenvalue weighted by Gasteiger charge is -2.20. The molecule has 0 N–H and O–H groups in total. The molecule has 1 unspecified atom stereocenters. The average molecular weight is 340 g/mol. The highest BCUT2D eigenvalue weighted by Crippen LogP contribution is 2.31. The zero-order valence-corrected chi connectivity index (χ0v) is 13.6. The van der Waals surface area contributed by atoms with Crippen LogP contribution < -0.4 is 0 Å². The molecule has 1 aromatic carbocycles. The number of fused-ring (bicyclic) bond motifs is 1. The van der Waals surface area contributed by atoms with Gasteiger partial charge in [-0.3, -0.25) is 9.58 Å². The van der Waals surface area contributed by atoms with Crippen molar-refractivity contribution in [2.24, 2.45) is 0 Å². The van der Waals surface area contributed by atoms with Crippen molar-refractivity contribution in [3.8, 4) is 0 Å². The van der Waals surface area contributed by atoms with Gasteiger partial charge >= 0.3 is 0 Å².